The van der Waals surface area contributed by atoms with Gasteiger partial charge in [-0.25, -0.2) is 28.7 Å². The van der Waals surface area contributed by atoms with E-state index in [1.807, 2.05) is 19.1 Å². The van der Waals surface area contributed by atoms with Crippen molar-refractivity contribution in [3.63, 3.8) is 0 Å². The Bertz CT molecular complexity index is 2090. The molecule has 0 spiro atoms. The Balaban J connectivity index is 0.000000166. The number of aromatic nitrogens is 8. The Labute approximate surface area is 305 Å². The largest absolute Gasteiger partial charge is 0.415 e. The minimum absolute atomic E-state index is 0. The number of benzene rings is 2. The fourth-order valence-corrected chi connectivity index (χ4v) is 5.24. The Hall–Kier alpha value is -5.29. The van der Waals surface area contributed by atoms with Crippen LogP contribution in [0.2, 0.25) is 0 Å². The number of nitrogens with zero attached hydrogens (tertiary/aromatic N) is 8. The summed E-state index contributed by atoms with van der Waals surface area (Å²) in [4.78, 5) is 16.5. The zero-order valence-electron chi connectivity index (χ0n) is 28.0. The first-order valence-electron chi connectivity index (χ1n) is 16.1. The molecule has 0 radical (unpaired) electrons. The summed E-state index contributed by atoms with van der Waals surface area (Å²) in [6.45, 7) is 1.91. The predicted octanol–water partition coefficient (Wildman–Crippen LogP) is 8.10. The van der Waals surface area contributed by atoms with Crippen LogP contribution < -0.4 is 5.73 Å². The van der Waals surface area contributed by atoms with Crippen molar-refractivity contribution in [2.75, 3.05) is 0 Å². The molecule has 278 valence electrons. The van der Waals surface area contributed by atoms with E-state index in [1.165, 1.54) is 36.9 Å². The van der Waals surface area contributed by atoms with Gasteiger partial charge in [-0.1, -0.05) is 43.3 Å². The van der Waals surface area contributed by atoms with Gasteiger partial charge >= 0.3 is 12.9 Å². The predicted molar refractivity (Wildman–Crippen MR) is 180 cm³/mol. The van der Waals surface area contributed by atoms with Crippen LogP contribution >= 0.6 is 12.4 Å². The van der Waals surface area contributed by atoms with Gasteiger partial charge in [-0.15, -0.1) is 32.8 Å². The van der Waals surface area contributed by atoms with E-state index in [9.17, 15) is 26.3 Å². The normalized spacial score (nSPS) is 14.8. The number of aryl methyl sites for hydroxylation is 1. The fraction of sp³-hybridized carbons (Fsp3) is 0.314. The molecule has 0 aliphatic heterocycles. The standard InChI is InChI=1S/C17H13F3N4O.C9H8F2N4O.C9H10FN.ClH/c18-12-4-2-1-3-11(12)17(5-6-17)7-13-21-8-10(9-22-13)15-23-24-16(25-15)14(19)20;1-2-6-12-3-5(4-13-6)8-14-15-9(16-8)7(10)11;10-8-4-2-1-3-7(8)9(11)5-6-9;/h1-4,8-9,14H,5-7H2;3-4,7H,2H2,1H3;1-4H,5-6,11H2;1H. The van der Waals surface area contributed by atoms with E-state index in [1.54, 1.807) is 24.3 Å². The lowest BCUT2D eigenvalue weighted by Crippen LogP contribution is -2.20. The molecule has 2 fully saturated rings. The van der Waals surface area contributed by atoms with Crippen molar-refractivity contribution < 1.29 is 35.2 Å². The summed E-state index contributed by atoms with van der Waals surface area (Å²) in [5.41, 5.74) is 7.36. The van der Waals surface area contributed by atoms with Gasteiger partial charge in [0.2, 0.25) is 0 Å². The summed E-state index contributed by atoms with van der Waals surface area (Å²) in [6.07, 6.45) is 5.03. The molecule has 53 heavy (non-hydrogen) atoms. The van der Waals surface area contributed by atoms with Crippen LogP contribution in [0.5, 0.6) is 0 Å². The molecule has 18 heteroatoms. The van der Waals surface area contributed by atoms with Gasteiger partial charge in [0, 0.05) is 54.1 Å². The summed E-state index contributed by atoms with van der Waals surface area (Å²) in [5, 5.41) is 13.5. The van der Waals surface area contributed by atoms with Crippen molar-refractivity contribution in [1.29, 1.82) is 0 Å². The second-order valence-electron chi connectivity index (χ2n) is 12.2. The molecule has 0 unspecified atom stereocenters. The molecule has 0 saturated heterocycles. The zero-order chi connectivity index (χ0) is 36.9. The first-order valence-corrected chi connectivity index (χ1v) is 16.1. The Morgan fingerprint density at radius 1 is 0.642 bits per heavy atom. The van der Waals surface area contributed by atoms with Gasteiger partial charge in [-0.2, -0.15) is 17.6 Å². The zero-order valence-corrected chi connectivity index (χ0v) is 28.8. The SMILES string of the molecule is CCc1ncc(-c2nnc(C(F)F)o2)cn1.Cl.Fc1ccccc1C1(Cc2ncc(-c3nnc(C(F)F)o3)cn2)CC1.NC1(c2ccccc2F)CC1. The van der Waals surface area contributed by atoms with Crippen molar-refractivity contribution in [2.45, 2.75) is 69.3 Å². The highest BCUT2D eigenvalue weighted by Gasteiger charge is 2.46. The number of nitrogens with two attached hydrogens (primary N) is 1. The van der Waals surface area contributed by atoms with Crippen LogP contribution in [0.3, 0.4) is 0 Å². The summed E-state index contributed by atoms with van der Waals surface area (Å²) >= 11 is 0. The maximum absolute atomic E-state index is 14.1. The van der Waals surface area contributed by atoms with Gasteiger partial charge in [0.25, 0.3) is 23.6 Å². The smallest absolute Gasteiger partial charge is 0.314 e. The summed E-state index contributed by atoms with van der Waals surface area (Å²) in [7, 11) is 0. The maximum Gasteiger partial charge on any atom is 0.314 e. The maximum atomic E-state index is 14.1. The van der Waals surface area contributed by atoms with Gasteiger partial charge in [-0.05, 0) is 43.4 Å². The highest BCUT2D eigenvalue weighted by atomic mass is 35.5. The van der Waals surface area contributed by atoms with Crippen molar-refractivity contribution >= 4 is 12.4 Å². The first kappa shape index (κ1) is 38.9. The molecular weight excluding hydrogens is 728 g/mol. The van der Waals surface area contributed by atoms with Gasteiger partial charge in [0.1, 0.15) is 23.3 Å². The molecule has 4 heterocycles. The van der Waals surface area contributed by atoms with Gasteiger partial charge in [-0.3, -0.25) is 0 Å². The highest BCUT2D eigenvalue weighted by molar-refractivity contribution is 5.85. The Morgan fingerprint density at radius 2 is 1.08 bits per heavy atom. The second-order valence-corrected chi connectivity index (χ2v) is 12.2. The molecule has 2 N–H and O–H groups in total. The molecule has 2 aromatic carbocycles. The Kier molecular flexibility index (Phi) is 12.2. The first-order chi connectivity index (χ1) is 25.0. The minimum Gasteiger partial charge on any atom is -0.415 e. The average molecular weight is 760 g/mol. The highest BCUT2D eigenvalue weighted by Crippen LogP contribution is 2.51. The van der Waals surface area contributed by atoms with Crippen molar-refractivity contribution in [1.82, 2.24) is 40.3 Å². The lowest BCUT2D eigenvalue weighted by molar-refractivity contribution is 0.115. The Morgan fingerprint density at radius 3 is 1.45 bits per heavy atom. The molecular formula is C35H32ClF6N9O2. The molecule has 0 bridgehead atoms. The molecule has 11 nitrogen and oxygen atoms in total. The van der Waals surface area contributed by atoms with Crippen molar-refractivity contribution in [2.24, 2.45) is 5.73 Å². The van der Waals surface area contributed by atoms with Crippen LogP contribution in [0.15, 0.2) is 82.2 Å². The number of hydrogen-bond donors (Lipinski definition) is 1. The lowest BCUT2D eigenvalue weighted by atomic mass is 9.91. The molecule has 2 aliphatic rings. The van der Waals surface area contributed by atoms with Crippen LogP contribution in [-0.4, -0.2) is 40.3 Å². The van der Waals surface area contributed by atoms with Crippen molar-refractivity contribution in [3.05, 3.63) is 120 Å². The van der Waals surface area contributed by atoms with Gasteiger partial charge in [0.05, 0.1) is 11.1 Å². The fourth-order valence-electron chi connectivity index (χ4n) is 5.24. The number of hydrogen-bond acceptors (Lipinski definition) is 11. The monoisotopic (exact) mass is 759 g/mol. The van der Waals surface area contributed by atoms with Crippen LogP contribution in [-0.2, 0) is 23.8 Å². The third-order valence-corrected chi connectivity index (χ3v) is 8.47. The molecule has 4 aromatic heterocycles. The average Bonchev–Trinajstić information content (AvgIpc) is 3.94. The molecule has 8 rings (SSSR count). The van der Waals surface area contributed by atoms with Crippen LogP contribution in [0.1, 0.15) is 80.0 Å². The second kappa shape index (κ2) is 16.6. The summed E-state index contributed by atoms with van der Waals surface area (Å²) in [5.74, 6) is -0.676. The molecule has 6 aromatic rings. The quantitative estimate of drug-likeness (QED) is 0.142. The van der Waals surface area contributed by atoms with E-state index in [-0.39, 0.29) is 46.8 Å². The van der Waals surface area contributed by atoms with E-state index in [4.69, 9.17) is 14.6 Å². The molecule has 0 atom stereocenters. The lowest BCUT2D eigenvalue weighted by Gasteiger charge is -2.15. The topological polar surface area (TPSA) is 155 Å². The van der Waals surface area contributed by atoms with E-state index >= 15 is 0 Å². The summed E-state index contributed by atoms with van der Waals surface area (Å²) in [6, 6.07) is 13.5. The third kappa shape index (κ3) is 9.39. The van der Waals surface area contributed by atoms with Gasteiger partial charge in [0.15, 0.2) is 0 Å². The van der Waals surface area contributed by atoms with E-state index in [0.717, 1.165) is 25.7 Å². The molecule has 2 saturated carbocycles. The van der Waals surface area contributed by atoms with E-state index < -0.39 is 24.6 Å². The molecule has 0 amide bonds. The van der Waals surface area contributed by atoms with E-state index in [0.29, 0.717) is 46.7 Å². The van der Waals surface area contributed by atoms with Crippen molar-refractivity contribution in [3.8, 4) is 22.9 Å². The van der Waals surface area contributed by atoms with E-state index in [2.05, 4.69) is 40.3 Å². The van der Waals surface area contributed by atoms with Crippen LogP contribution in [0.4, 0.5) is 26.3 Å². The molecule has 2 aliphatic carbocycles. The number of rotatable bonds is 9. The summed E-state index contributed by atoms with van der Waals surface area (Å²) < 4.78 is 86.1. The van der Waals surface area contributed by atoms with Crippen LogP contribution in [0, 0.1) is 11.6 Å². The van der Waals surface area contributed by atoms with Crippen LogP contribution in [0.25, 0.3) is 22.9 Å². The number of halogens is 7. The minimum atomic E-state index is -2.82. The third-order valence-electron chi connectivity index (χ3n) is 8.47. The van der Waals surface area contributed by atoms with Gasteiger partial charge < -0.3 is 14.6 Å². The number of alkyl halides is 4.